The van der Waals surface area contributed by atoms with E-state index in [4.69, 9.17) is 5.73 Å². The Morgan fingerprint density at radius 3 is 2.30 bits per heavy atom. The molecule has 5 nitrogen and oxygen atoms in total. The lowest BCUT2D eigenvalue weighted by Crippen LogP contribution is -2.37. The lowest BCUT2D eigenvalue weighted by Gasteiger charge is -2.37. The second-order valence-electron chi connectivity index (χ2n) is 7.84. The molecule has 0 bridgehead atoms. The van der Waals surface area contributed by atoms with Crippen LogP contribution >= 0.6 is 0 Å². The summed E-state index contributed by atoms with van der Waals surface area (Å²) in [4.78, 5) is 4.04. The van der Waals surface area contributed by atoms with Crippen molar-refractivity contribution in [3.8, 4) is 0 Å². The average Bonchev–Trinajstić information content (AvgIpc) is 2.89. The molecule has 1 aromatic heterocycles. The largest absolute Gasteiger partial charge is 0.368 e. The molecule has 1 saturated carbocycles. The Morgan fingerprint density at radius 2 is 1.87 bits per heavy atom. The Kier molecular flexibility index (Phi) is 5.17. The Bertz CT molecular complexity index is 583. The third-order valence-corrected chi connectivity index (χ3v) is 5.07. The molecule has 0 aliphatic heterocycles. The fourth-order valence-corrected chi connectivity index (χ4v) is 3.25. The van der Waals surface area contributed by atoms with Crippen LogP contribution in [0.1, 0.15) is 60.3 Å². The minimum absolute atomic E-state index is 0.396. The number of rotatable bonds is 4. The summed E-state index contributed by atoms with van der Waals surface area (Å²) in [6, 6.07) is 0.446. The molecule has 0 aromatic carbocycles. The van der Waals surface area contributed by atoms with Crippen molar-refractivity contribution >= 4 is 11.8 Å². The van der Waals surface area contributed by atoms with Crippen molar-refractivity contribution in [2.24, 2.45) is 11.3 Å². The number of nitrogens with one attached hydrogen (secondary N) is 1. The first-order chi connectivity index (χ1) is 10.7. The zero-order valence-electron chi connectivity index (χ0n) is 15.2. The van der Waals surface area contributed by atoms with Crippen LogP contribution in [-0.2, 0) is 0 Å². The van der Waals surface area contributed by atoms with Gasteiger partial charge in [0.15, 0.2) is 0 Å². The molecule has 3 N–H and O–H groups in total. The van der Waals surface area contributed by atoms with Gasteiger partial charge in [-0.25, -0.2) is 0 Å². The van der Waals surface area contributed by atoms with E-state index in [1.165, 1.54) is 32.0 Å². The quantitative estimate of drug-likeness (QED) is 0.828. The normalized spacial score (nSPS) is 23.3. The Labute approximate surface area is 140 Å². The highest BCUT2D eigenvalue weighted by atomic mass is 15.4. The zero-order chi connectivity index (χ0) is 17.2. The fraction of sp³-hybridized carbons (Fsp3) is 0.667. The molecule has 0 saturated heterocycles. The molecular formula is C18H31N5. The van der Waals surface area contributed by atoms with Crippen LogP contribution in [-0.4, -0.2) is 20.8 Å². The van der Waals surface area contributed by atoms with Crippen molar-refractivity contribution in [3.05, 3.63) is 24.1 Å². The van der Waals surface area contributed by atoms with Crippen LogP contribution in [0, 0.1) is 11.3 Å². The first-order valence-corrected chi connectivity index (χ1v) is 8.49. The predicted molar refractivity (Wildman–Crippen MR) is 96.5 cm³/mol. The van der Waals surface area contributed by atoms with Crippen LogP contribution in [0.25, 0.3) is 5.82 Å². The highest BCUT2D eigenvalue weighted by Gasteiger charge is 2.30. The van der Waals surface area contributed by atoms with Crippen molar-refractivity contribution in [3.63, 3.8) is 0 Å². The number of nitrogens with two attached hydrogens (primary N) is 1. The van der Waals surface area contributed by atoms with Crippen LogP contribution in [0.3, 0.4) is 0 Å². The zero-order valence-corrected chi connectivity index (χ0v) is 15.2. The summed E-state index contributed by atoms with van der Waals surface area (Å²) in [6.07, 6.45) is 6.34. The molecule has 0 unspecified atom stereocenters. The van der Waals surface area contributed by atoms with Gasteiger partial charge in [0, 0.05) is 6.04 Å². The summed E-state index contributed by atoms with van der Waals surface area (Å²) in [7, 11) is 0. The smallest absolute Gasteiger partial charge is 0.224 e. The lowest BCUT2D eigenvalue weighted by molar-refractivity contribution is 0.164. The molecule has 1 heterocycles. The summed E-state index contributed by atoms with van der Waals surface area (Å²) in [5, 5.41) is 7.91. The van der Waals surface area contributed by atoms with Gasteiger partial charge in [-0.05, 0) is 56.4 Å². The van der Waals surface area contributed by atoms with Crippen molar-refractivity contribution in [2.75, 3.05) is 5.73 Å². The highest BCUT2D eigenvalue weighted by molar-refractivity contribution is 5.56. The van der Waals surface area contributed by atoms with Crippen molar-refractivity contribution in [2.45, 2.75) is 66.3 Å². The molecule has 1 fully saturated rings. The van der Waals surface area contributed by atoms with Crippen LogP contribution < -0.4 is 11.1 Å². The van der Waals surface area contributed by atoms with Crippen LogP contribution in [0.4, 0.5) is 5.95 Å². The van der Waals surface area contributed by atoms with Gasteiger partial charge in [0.1, 0.15) is 12.1 Å². The molecule has 23 heavy (non-hydrogen) atoms. The topological polar surface area (TPSA) is 68.8 Å². The molecule has 5 heteroatoms. The molecule has 0 amide bonds. The summed E-state index contributed by atoms with van der Waals surface area (Å²) in [5.74, 6) is 2.11. The van der Waals surface area contributed by atoms with Crippen LogP contribution in [0.15, 0.2) is 24.1 Å². The van der Waals surface area contributed by atoms with E-state index >= 15 is 0 Å². The molecular weight excluding hydrogens is 286 g/mol. The van der Waals surface area contributed by atoms with E-state index in [1.54, 1.807) is 4.68 Å². The SMILES string of the molecule is C=C(C)/C(C)=C(/NC1CCC(C(C)(C)C)CC1)n1ncnc1N. The predicted octanol–water partition coefficient (Wildman–Crippen LogP) is 3.82. The number of anilines is 1. The number of hydrogen-bond acceptors (Lipinski definition) is 4. The van der Waals surface area contributed by atoms with Gasteiger partial charge in [-0.3, -0.25) is 0 Å². The summed E-state index contributed by atoms with van der Waals surface area (Å²) >= 11 is 0. The van der Waals surface area contributed by atoms with Gasteiger partial charge in [0.2, 0.25) is 5.95 Å². The number of nitrogen functional groups attached to an aromatic ring is 1. The number of allylic oxidation sites excluding steroid dienone is 2. The first-order valence-electron chi connectivity index (χ1n) is 8.49. The third-order valence-electron chi connectivity index (χ3n) is 5.07. The van der Waals surface area contributed by atoms with E-state index in [1.807, 2.05) is 13.8 Å². The Hall–Kier alpha value is -1.78. The summed E-state index contributed by atoms with van der Waals surface area (Å²) in [6.45, 7) is 15.1. The number of nitrogens with zero attached hydrogens (tertiary/aromatic N) is 3. The second kappa shape index (κ2) is 6.77. The maximum Gasteiger partial charge on any atom is 0.224 e. The number of aromatic nitrogens is 3. The molecule has 1 aromatic rings. The summed E-state index contributed by atoms with van der Waals surface area (Å²) in [5.41, 5.74) is 8.42. The van der Waals surface area contributed by atoms with Crippen LogP contribution in [0.5, 0.6) is 0 Å². The van der Waals surface area contributed by atoms with E-state index in [0.29, 0.717) is 17.4 Å². The molecule has 128 valence electrons. The van der Waals surface area contributed by atoms with E-state index in [9.17, 15) is 0 Å². The Morgan fingerprint density at radius 1 is 1.26 bits per heavy atom. The average molecular weight is 317 g/mol. The monoisotopic (exact) mass is 317 g/mol. The molecule has 0 radical (unpaired) electrons. The first kappa shape index (κ1) is 17.6. The Balaban J connectivity index is 2.14. The minimum Gasteiger partial charge on any atom is -0.368 e. The van der Waals surface area contributed by atoms with E-state index < -0.39 is 0 Å². The van der Waals surface area contributed by atoms with Crippen molar-refractivity contribution in [1.29, 1.82) is 0 Å². The maximum absolute atomic E-state index is 5.95. The second-order valence-corrected chi connectivity index (χ2v) is 7.84. The molecule has 0 atom stereocenters. The summed E-state index contributed by atoms with van der Waals surface area (Å²) < 4.78 is 1.68. The number of hydrogen-bond donors (Lipinski definition) is 2. The van der Waals surface area contributed by atoms with Gasteiger partial charge in [0.25, 0.3) is 0 Å². The molecule has 2 rings (SSSR count). The van der Waals surface area contributed by atoms with Crippen molar-refractivity contribution < 1.29 is 0 Å². The highest BCUT2D eigenvalue weighted by Crippen LogP contribution is 2.38. The van der Waals surface area contributed by atoms with E-state index in [0.717, 1.165) is 22.9 Å². The van der Waals surface area contributed by atoms with E-state index in [2.05, 4.69) is 42.7 Å². The molecule has 1 aliphatic carbocycles. The standard InChI is InChI=1S/C18H31N5/c1-12(2)13(3)16(23-17(19)20-11-21-23)22-15-9-7-14(8-10-15)18(4,5)6/h11,14-15,22H,1,7-10H2,2-6H3,(H2,19,20,21)/b16-13-. The molecule has 0 spiro atoms. The van der Waals surface area contributed by atoms with Gasteiger partial charge < -0.3 is 11.1 Å². The van der Waals surface area contributed by atoms with Gasteiger partial charge in [-0.1, -0.05) is 32.9 Å². The van der Waals surface area contributed by atoms with Gasteiger partial charge in [0.05, 0.1) is 0 Å². The lowest BCUT2D eigenvalue weighted by atomic mass is 9.71. The van der Waals surface area contributed by atoms with E-state index in [-0.39, 0.29) is 0 Å². The van der Waals surface area contributed by atoms with Gasteiger partial charge in [-0.2, -0.15) is 14.8 Å². The third kappa shape index (κ3) is 4.15. The van der Waals surface area contributed by atoms with Gasteiger partial charge >= 0.3 is 0 Å². The fourth-order valence-electron chi connectivity index (χ4n) is 3.25. The van der Waals surface area contributed by atoms with Crippen LogP contribution in [0.2, 0.25) is 0 Å². The maximum atomic E-state index is 5.95. The minimum atomic E-state index is 0.396. The van der Waals surface area contributed by atoms with Gasteiger partial charge in [-0.15, -0.1) is 0 Å². The molecule has 1 aliphatic rings. The van der Waals surface area contributed by atoms with Crippen molar-refractivity contribution in [1.82, 2.24) is 20.1 Å².